The quantitative estimate of drug-likeness (QED) is 0.300. The van der Waals surface area contributed by atoms with E-state index in [-0.39, 0.29) is 12.5 Å². The highest BCUT2D eigenvalue weighted by Crippen LogP contribution is 2.31. The van der Waals surface area contributed by atoms with Gasteiger partial charge in [-0.05, 0) is 48.7 Å². The molecule has 36 heavy (non-hydrogen) atoms. The molecule has 0 atom stereocenters. The highest BCUT2D eigenvalue weighted by atomic mass is 19.4. The molecule has 0 bridgehead atoms. The van der Waals surface area contributed by atoms with E-state index in [0.717, 1.165) is 17.7 Å². The first-order valence-corrected chi connectivity index (χ1v) is 11.3. The molecule has 0 N–H and O–H groups in total. The Kier molecular flexibility index (Phi) is 7.01. The molecule has 0 saturated heterocycles. The second kappa shape index (κ2) is 10.0. The van der Waals surface area contributed by atoms with Crippen molar-refractivity contribution in [2.24, 2.45) is 0 Å². The van der Waals surface area contributed by atoms with Crippen molar-refractivity contribution in [1.82, 2.24) is 9.47 Å². The Hall–Kier alpha value is -3.88. The topological polar surface area (TPSA) is 56.8 Å². The van der Waals surface area contributed by atoms with Gasteiger partial charge >= 0.3 is 6.18 Å². The number of hydrogen-bond acceptors (Lipinski definition) is 4. The summed E-state index contributed by atoms with van der Waals surface area (Å²) < 4.78 is 57.0. The van der Waals surface area contributed by atoms with Crippen molar-refractivity contribution in [1.29, 1.82) is 0 Å². The third-order valence-corrected chi connectivity index (χ3v) is 6.08. The van der Waals surface area contributed by atoms with Gasteiger partial charge in [-0.3, -0.25) is 4.79 Å². The van der Waals surface area contributed by atoms with Gasteiger partial charge in [0.1, 0.15) is 11.5 Å². The fourth-order valence-electron chi connectivity index (χ4n) is 4.12. The molecule has 6 nitrogen and oxygen atoms in total. The summed E-state index contributed by atoms with van der Waals surface area (Å²) >= 11 is 0. The minimum Gasteiger partial charge on any atom is -0.493 e. The van der Waals surface area contributed by atoms with Crippen LogP contribution < -0.4 is 9.47 Å². The Bertz CT molecular complexity index is 1370. The maximum absolute atomic E-state index is 13.4. The zero-order valence-electron chi connectivity index (χ0n) is 20.5. The van der Waals surface area contributed by atoms with E-state index < -0.39 is 11.7 Å². The van der Waals surface area contributed by atoms with Crippen LogP contribution in [0.4, 0.5) is 13.2 Å². The van der Waals surface area contributed by atoms with Crippen LogP contribution in [0.3, 0.4) is 0 Å². The highest BCUT2D eigenvalue weighted by molar-refractivity contribution is 5.97. The molecule has 0 aliphatic carbocycles. The number of aryl methyl sites for hydroxylation is 1. The van der Waals surface area contributed by atoms with Crippen LogP contribution in [0, 0.1) is 6.92 Å². The summed E-state index contributed by atoms with van der Waals surface area (Å²) in [7, 11) is 4.85. The van der Waals surface area contributed by atoms with Gasteiger partial charge in [0.25, 0.3) is 5.91 Å². The lowest BCUT2D eigenvalue weighted by atomic mass is 10.1. The third-order valence-electron chi connectivity index (χ3n) is 6.08. The van der Waals surface area contributed by atoms with Crippen molar-refractivity contribution < 1.29 is 31.9 Å². The Balaban J connectivity index is 1.56. The molecule has 0 unspecified atom stereocenters. The van der Waals surface area contributed by atoms with E-state index in [9.17, 15) is 18.0 Å². The molecule has 4 rings (SSSR count). The SMILES string of the molecule is COc1ccc(CCN(C)C(=O)c2cc3oc(C)cc3n2Cc2ccc(C(F)(F)F)cc2)cc1OC. The number of likely N-dealkylation sites (N-methyl/N-ethyl adjacent to an activating group) is 1. The predicted molar refractivity (Wildman–Crippen MR) is 130 cm³/mol. The van der Waals surface area contributed by atoms with Crippen molar-refractivity contribution in [3.63, 3.8) is 0 Å². The van der Waals surface area contributed by atoms with Crippen LogP contribution in [0.2, 0.25) is 0 Å². The first-order chi connectivity index (χ1) is 17.1. The Morgan fingerprint density at radius 2 is 1.64 bits per heavy atom. The number of aromatic nitrogens is 1. The molecule has 0 radical (unpaired) electrons. The van der Waals surface area contributed by atoms with E-state index >= 15 is 0 Å². The summed E-state index contributed by atoms with van der Waals surface area (Å²) in [6.45, 7) is 2.48. The van der Waals surface area contributed by atoms with Crippen molar-refractivity contribution >= 4 is 17.0 Å². The monoisotopic (exact) mass is 500 g/mol. The zero-order valence-corrected chi connectivity index (χ0v) is 20.5. The number of amides is 1. The maximum Gasteiger partial charge on any atom is 0.416 e. The molecule has 0 fully saturated rings. The number of fused-ring (bicyclic) bond motifs is 1. The number of halogens is 3. The number of furan rings is 1. The van der Waals surface area contributed by atoms with Gasteiger partial charge in [-0.25, -0.2) is 0 Å². The van der Waals surface area contributed by atoms with Crippen LogP contribution >= 0.6 is 0 Å². The maximum atomic E-state index is 13.4. The normalized spacial score (nSPS) is 11.6. The van der Waals surface area contributed by atoms with Crippen molar-refractivity contribution in [2.45, 2.75) is 26.1 Å². The van der Waals surface area contributed by atoms with E-state index in [1.54, 1.807) is 43.7 Å². The van der Waals surface area contributed by atoms with Crippen LogP contribution in [0.5, 0.6) is 11.5 Å². The number of benzene rings is 2. The molecule has 0 aliphatic rings. The minimum absolute atomic E-state index is 0.216. The number of nitrogens with zero attached hydrogens (tertiary/aromatic N) is 2. The number of carbonyl (C=O) groups is 1. The van der Waals surface area contributed by atoms with Crippen molar-refractivity contribution in [3.8, 4) is 11.5 Å². The Labute approximate surface area is 206 Å². The summed E-state index contributed by atoms with van der Waals surface area (Å²) in [5.41, 5.74) is 2.58. The Morgan fingerprint density at radius 3 is 2.28 bits per heavy atom. The van der Waals surface area contributed by atoms with Gasteiger partial charge in [0.2, 0.25) is 0 Å². The van der Waals surface area contributed by atoms with Gasteiger partial charge in [-0.1, -0.05) is 18.2 Å². The average molecular weight is 501 g/mol. The van der Waals surface area contributed by atoms with Gasteiger partial charge in [0.15, 0.2) is 17.1 Å². The van der Waals surface area contributed by atoms with E-state index in [0.29, 0.717) is 52.6 Å². The average Bonchev–Trinajstić information content (AvgIpc) is 3.38. The molecule has 0 spiro atoms. The zero-order chi connectivity index (χ0) is 26.0. The number of carbonyl (C=O) groups excluding carboxylic acids is 1. The van der Waals surface area contributed by atoms with Crippen LogP contribution in [-0.2, 0) is 19.1 Å². The summed E-state index contributed by atoms with van der Waals surface area (Å²) in [5, 5.41) is 0. The molecule has 1 amide bonds. The van der Waals surface area contributed by atoms with Gasteiger partial charge < -0.3 is 23.4 Å². The van der Waals surface area contributed by atoms with Crippen LogP contribution in [0.25, 0.3) is 11.1 Å². The van der Waals surface area contributed by atoms with Gasteiger partial charge in [0, 0.05) is 32.3 Å². The van der Waals surface area contributed by atoms with E-state index in [2.05, 4.69) is 0 Å². The van der Waals surface area contributed by atoms with E-state index in [4.69, 9.17) is 13.9 Å². The lowest BCUT2D eigenvalue weighted by Crippen LogP contribution is -2.30. The van der Waals surface area contributed by atoms with Crippen LogP contribution in [0.1, 0.15) is 32.9 Å². The molecule has 9 heteroatoms. The molecular weight excluding hydrogens is 473 g/mol. The van der Waals surface area contributed by atoms with Crippen molar-refractivity contribution in [3.05, 3.63) is 82.7 Å². The molecular formula is C27H27F3N2O4. The number of hydrogen-bond donors (Lipinski definition) is 0. The van der Waals surface area contributed by atoms with Crippen molar-refractivity contribution in [2.75, 3.05) is 27.8 Å². The first kappa shape index (κ1) is 25.2. The predicted octanol–water partition coefficient (Wildman–Crippen LogP) is 5.94. The standard InChI is InChI=1S/C27H27F3N2O4/c1-17-13-21-24(36-17)15-22(32(21)16-19-5-8-20(9-6-19)27(28,29)30)26(33)31(2)12-11-18-7-10-23(34-3)25(14-18)35-4/h5-10,13-15H,11-12,16H2,1-4H3. The molecule has 0 aliphatic heterocycles. The lowest BCUT2D eigenvalue weighted by Gasteiger charge is -2.19. The highest BCUT2D eigenvalue weighted by Gasteiger charge is 2.30. The fourth-order valence-corrected chi connectivity index (χ4v) is 4.12. The number of ether oxygens (including phenoxy) is 2. The van der Waals surface area contributed by atoms with Gasteiger partial charge in [-0.15, -0.1) is 0 Å². The second-order valence-electron chi connectivity index (χ2n) is 8.58. The summed E-state index contributed by atoms with van der Waals surface area (Å²) in [4.78, 5) is 15.0. The van der Waals surface area contributed by atoms with Gasteiger partial charge in [-0.2, -0.15) is 13.2 Å². The molecule has 4 aromatic rings. The number of methoxy groups -OCH3 is 2. The minimum atomic E-state index is -4.40. The number of rotatable bonds is 8. The summed E-state index contributed by atoms with van der Waals surface area (Å²) in [6.07, 6.45) is -3.81. The number of alkyl halides is 3. The smallest absolute Gasteiger partial charge is 0.416 e. The molecule has 0 saturated carbocycles. The van der Waals surface area contributed by atoms with E-state index in [1.807, 2.05) is 24.3 Å². The lowest BCUT2D eigenvalue weighted by molar-refractivity contribution is -0.137. The van der Waals surface area contributed by atoms with Crippen LogP contribution in [-0.4, -0.2) is 43.2 Å². The van der Waals surface area contributed by atoms with Gasteiger partial charge in [0.05, 0.1) is 25.3 Å². The first-order valence-electron chi connectivity index (χ1n) is 11.3. The summed E-state index contributed by atoms with van der Waals surface area (Å²) in [5.74, 6) is 1.71. The second-order valence-corrected chi connectivity index (χ2v) is 8.58. The fraction of sp³-hybridized carbons (Fsp3) is 0.296. The molecule has 190 valence electrons. The largest absolute Gasteiger partial charge is 0.493 e. The summed E-state index contributed by atoms with van der Waals surface area (Å²) in [6, 6.07) is 14.1. The van der Waals surface area contributed by atoms with Crippen LogP contribution in [0.15, 0.2) is 59.0 Å². The molecule has 2 aromatic heterocycles. The molecule has 2 aromatic carbocycles. The third kappa shape index (κ3) is 5.19. The van der Waals surface area contributed by atoms with E-state index in [1.165, 1.54) is 12.1 Å². The molecule has 2 heterocycles. The Morgan fingerprint density at radius 1 is 0.972 bits per heavy atom.